The van der Waals surface area contributed by atoms with Gasteiger partial charge in [-0.3, -0.25) is 9.69 Å². The molecule has 98 valence electrons. The number of hydrogen-bond acceptors (Lipinski definition) is 3. The third-order valence-corrected chi connectivity index (χ3v) is 4.41. The van der Waals surface area contributed by atoms with E-state index in [4.69, 9.17) is 0 Å². The third kappa shape index (κ3) is 2.80. The molecule has 0 aromatic rings. The van der Waals surface area contributed by atoms with Gasteiger partial charge in [0.25, 0.3) is 0 Å². The second kappa shape index (κ2) is 5.36. The number of carboxylic acid groups (broad SMARTS) is 1. The zero-order chi connectivity index (χ0) is 12.4. The summed E-state index contributed by atoms with van der Waals surface area (Å²) in [6.07, 6.45) is 3.69. The van der Waals surface area contributed by atoms with Gasteiger partial charge in [-0.2, -0.15) is 0 Å². The summed E-state index contributed by atoms with van der Waals surface area (Å²) in [5.41, 5.74) is 0. The SMILES string of the molecule is CC1CCC(C)C(N2CCNCC2C(=O)O)C1. The molecule has 1 heterocycles. The Kier molecular flexibility index (Phi) is 4.05. The maximum Gasteiger partial charge on any atom is 0.322 e. The lowest BCUT2D eigenvalue weighted by Crippen LogP contribution is -2.60. The van der Waals surface area contributed by atoms with E-state index in [-0.39, 0.29) is 6.04 Å². The second-order valence-electron chi connectivity index (χ2n) is 5.76. The van der Waals surface area contributed by atoms with E-state index in [1.165, 1.54) is 12.8 Å². The summed E-state index contributed by atoms with van der Waals surface area (Å²) in [5, 5.41) is 12.5. The van der Waals surface area contributed by atoms with E-state index in [0.29, 0.717) is 18.5 Å². The van der Waals surface area contributed by atoms with Crippen molar-refractivity contribution in [3.05, 3.63) is 0 Å². The average molecular weight is 240 g/mol. The van der Waals surface area contributed by atoms with Crippen LogP contribution in [-0.2, 0) is 4.79 Å². The third-order valence-electron chi connectivity index (χ3n) is 4.41. The molecule has 0 aromatic carbocycles. The van der Waals surface area contributed by atoms with Gasteiger partial charge in [0, 0.05) is 25.7 Å². The molecule has 0 radical (unpaired) electrons. The van der Waals surface area contributed by atoms with Crippen molar-refractivity contribution in [1.29, 1.82) is 0 Å². The molecule has 1 aliphatic carbocycles. The summed E-state index contributed by atoms with van der Waals surface area (Å²) in [4.78, 5) is 13.5. The van der Waals surface area contributed by atoms with Crippen molar-refractivity contribution in [2.24, 2.45) is 11.8 Å². The molecule has 2 rings (SSSR count). The number of hydrogen-bond donors (Lipinski definition) is 2. The summed E-state index contributed by atoms with van der Waals surface area (Å²) in [6, 6.07) is 0.128. The summed E-state index contributed by atoms with van der Waals surface area (Å²) >= 11 is 0. The molecule has 4 heteroatoms. The molecule has 1 aliphatic heterocycles. The first-order valence-corrected chi connectivity index (χ1v) is 6.79. The Morgan fingerprint density at radius 3 is 2.82 bits per heavy atom. The molecule has 1 saturated heterocycles. The molecule has 0 amide bonds. The molecule has 0 aromatic heterocycles. The number of nitrogens with one attached hydrogen (secondary N) is 1. The van der Waals surface area contributed by atoms with Gasteiger partial charge >= 0.3 is 5.97 Å². The van der Waals surface area contributed by atoms with Crippen molar-refractivity contribution >= 4 is 5.97 Å². The van der Waals surface area contributed by atoms with E-state index in [2.05, 4.69) is 24.1 Å². The van der Waals surface area contributed by atoms with Crippen LogP contribution in [0.5, 0.6) is 0 Å². The zero-order valence-electron chi connectivity index (χ0n) is 10.9. The molecule has 2 aliphatic rings. The Hall–Kier alpha value is -0.610. The first kappa shape index (κ1) is 12.8. The van der Waals surface area contributed by atoms with Crippen LogP contribution in [0.4, 0.5) is 0 Å². The highest BCUT2D eigenvalue weighted by Gasteiger charge is 2.37. The van der Waals surface area contributed by atoms with E-state index in [1.807, 2.05) is 0 Å². The summed E-state index contributed by atoms with van der Waals surface area (Å²) in [6.45, 7) is 6.95. The first-order valence-electron chi connectivity index (χ1n) is 6.79. The zero-order valence-corrected chi connectivity index (χ0v) is 10.9. The topological polar surface area (TPSA) is 52.6 Å². The van der Waals surface area contributed by atoms with Gasteiger partial charge in [-0.25, -0.2) is 0 Å². The Bertz CT molecular complexity index is 283. The minimum Gasteiger partial charge on any atom is -0.480 e. The minimum absolute atomic E-state index is 0.332. The number of carboxylic acids is 1. The molecule has 2 N–H and O–H groups in total. The van der Waals surface area contributed by atoms with Crippen LogP contribution < -0.4 is 5.32 Å². The minimum atomic E-state index is -0.678. The molecular weight excluding hydrogens is 216 g/mol. The number of nitrogens with zero attached hydrogens (tertiary/aromatic N) is 1. The number of carbonyl (C=O) groups is 1. The Labute approximate surface area is 103 Å². The summed E-state index contributed by atoms with van der Waals surface area (Å²) in [5.74, 6) is 0.689. The van der Waals surface area contributed by atoms with Gasteiger partial charge in [0.2, 0.25) is 0 Å². The molecule has 4 unspecified atom stereocenters. The molecule has 2 fully saturated rings. The number of rotatable bonds is 2. The van der Waals surface area contributed by atoms with Crippen molar-refractivity contribution in [1.82, 2.24) is 10.2 Å². The van der Waals surface area contributed by atoms with Crippen LogP contribution in [0.25, 0.3) is 0 Å². The Morgan fingerprint density at radius 2 is 2.12 bits per heavy atom. The van der Waals surface area contributed by atoms with Gasteiger partial charge in [-0.1, -0.05) is 20.3 Å². The monoisotopic (exact) mass is 240 g/mol. The highest BCUT2D eigenvalue weighted by atomic mass is 16.4. The molecule has 1 saturated carbocycles. The molecular formula is C13H24N2O2. The summed E-state index contributed by atoms with van der Waals surface area (Å²) in [7, 11) is 0. The molecule has 17 heavy (non-hydrogen) atoms. The van der Waals surface area contributed by atoms with E-state index >= 15 is 0 Å². The van der Waals surface area contributed by atoms with E-state index in [9.17, 15) is 9.90 Å². The quantitative estimate of drug-likeness (QED) is 0.761. The van der Waals surface area contributed by atoms with E-state index in [1.54, 1.807) is 0 Å². The predicted octanol–water partition coefficient (Wildman–Crippen LogP) is 1.17. The largest absolute Gasteiger partial charge is 0.480 e. The highest BCUT2D eigenvalue weighted by Crippen LogP contribution is 2.33. The summed E-state index contributed by atoms with van der Waals surface area (Å²) < 4.78 is 0. The van der Waals surface area contributed by atoms with Crippen LogP contribution in [-0.4, -0.2) is 47.7 Å². The van der Waals surface area contributed by atoms with Crippen LogP contribution in [0.15, 0.2) is 0 Å². The van der Waals surface area contributed by atoms with Crippen LogP contribution in [0, 0.1) is 11.8 Å². The fraction of sp³-hybridized carbons (Fsp3) is 0.923. The van der Waals surface area contributed by atoms with Crippen molar-refractivity contribution in [3.8, 4) is 0 Å². The van der Waals surface area contributed by atoms with Crippen LogP contribution >= 0.6 is 0 Å². The predicted molar refractivity (Wildman–Crippen MR) is 67.0 cm³/mol. The standard InChI is InChI=1S/C13H24N2O2/c1-9-3-4-10(2)11(7-9)15-6-5-14-8-12(15)13(16)17/h9-12,14H,3-8H2,1-2H3,(H,16,17). The van der Waals surface area contributed by atoms with Crippen molar-refractivity contribution in [3.63, 3.8) is 0 Å². The van der Waals surface area contributed by atoms with Crippen molar-refractivity contribution in [2.75, 3.05) is 19.6 Å². The van der Waals surface area contributed by atoms with Gasteiger partial charge in [-0.05, 0) is 24.7 Å². The van der Waals surface area contributed by atoms with Crippen LogP contribution in [0.3, 0.4) is 0 Å². The maximum absolute atomic E-state index is 11.3. The fourth-order valence-electron chi connectivity index (χ4n) is 3.31. The average Bonchev–Trinajstić information content (AvgIpc) is 2.32. The lowest BCUT2D eigenvalue weighted by molar-refractivity contribution is -0.146. The normalized spacial score (nSPS) is 40.1. The lowest BCUT2D eigenvalue weighted by Gasteiger charge is -2.45. The lowest BCUT2D eigenvalue weighted by atomic mass is 9.78. The molecule has 0 spiro atoms. The first-order chi connectivity index (χ1) is 8.09. The van der Waals surface area contributed by atoms with Crippen molar-refractivity contribution in [2.45, 2.75) is 45.2 Å². The van der Waals surface area contributed by atoms with Crippen molar-refractivity contribution < 1.29 is 9.90 Å². The molecule has 4 atom stereocenters. The molecule has 4 nitrogen and oxygen atoms in total. The molecule has 0 bridgehead atoms. The van der Waals surface area contributed by atoms with Gasteiger partial charge in [0.15, 0.2) is 0 Å². The van der Waals surface area contributed by atoms with Gasteiger partial charge in [0.05, 0.1) is 0 Å². The van der Waals surface area contributed by atoms with E-state index < -0.39 is 5.97 Å². The van der Waals surface area contributed by atoms with E-state index in [0.717, 1.165) is 25.4 Å². The Morgan fingerprint density at radius 1 is 1.35 bits per heavy atom. The van der Waals surface area contributed by atoms with Crippen LogP contribution in [0.2, 0.25) is 0 Å². The fourth-order valence-corrected chi connectivity index (χ4v) is 3.31. The smallest absolute Gasteiger partial charge is 0.322 e. The van der Waals surface area contributed by atoms with Gasteiger partial charge < -0.3 is 10.4 Å². The maximum atomic E-state index is 11.3. The number of aliphatic carboxylic acids is 1. The number of piperazine rings is 1. The second-order valence-corrected chi connectivity index (χ2v) is 5.76. The van der Waals surface area contributed by atoms with Gasteiger partial charge in [0.1, 0.15) is 6.04 Å². The van der Waals surface area contributed by atoms with Crippen LogP contribution in [0.1, 0.15) is 33.1 Å². The Balaban J connectivity index is 2.09. The highest BCUT2D eigenvalue weighted by molar-refractivity contribution is 5.74. The van der Waals surface area contributed by atoms with Gasteiger partial charge in [-0.15, -0.1) is 0 Å².